The van der Waals surface area contributed by atoms with Gasteiger partial charge in [0.15, 0.2) is 0 Å². The molecule has 0 fully saturated rings. The van der Waals surface area contributed by atoms with Gasteiger partial charge in [-0.25, -0.2) is 16.8 Å². The summed E-state index contributed by atoms with van der Waals surface area (Å²) in [5, 5.41) is 10.7. The van der Waals surface area contributed by atoms with E-state index in [4.69, 9.17) is 0 Å². The van der Waals surface area contributed by atoms with E-state index in [1.54, 1.807) is 5.43 Å². The van der Waals surface area contributed by atoms with Crippen LogP contribution in [0.1, 0.15) is 10.4 Å². The maximum absolute atomic E-state index is 12.4. The normalized spacial score (nSPS) is 17.6. The van der Waals surface area contributed by atoms with Crippen LogP contribution in [-0.2, 0) is 20.0 Å². The van der Waals surface area contributed by atoms with Crippen molar-refractivity contribution in [2.75, 3.05) is 0 Å². The maximum Gasteiger partial charge on any atom is 0.275 e. The molecule has 0 saturated carbocycles. The van der Waals surface area contributed by atoms with Gasteiger partial charge in [0.05, 0.1) is 4.92 Å². The summed E-state index contributed by atoms with van der Waals surface area (Å²) in [4.78, 5) is 21.3. The third kappa shape index (κ3) is 2.65. The molecule has 1 aliphatic rings. The highest BCUT2D eigenvalue weighted by Gasteiger charge is 2.48. The molecule has 0 bridgehead atoms. The monoisotopic (exact) mass is 383 g/mol. The van der Waals surface area contributed by atoms with Gasteiger partial charge in [-0.1, -0.05) is 18.2 Å². The summed E-state index contributed by atoms with van der Waals surface area (Å²) in [7, 11) is -9.01. The van der Waals surface area contributed by atoms with Crippen molar-refractivity contribution in [3.05, 3.63) is 64.2 Å². The molecule has 1 amide bonds. The minimum absolute atomic E-state index is 0.133. The molecule has 0 spiro atoms. The fraction of sp³-hybridized carbons (Fsp3) is 0. The topological polar surface area (TPSA) is 144 Å². The van der Waals surface area contributed by atoms with Crippen molar-refractivity contribution in [2.24, 2.45) is 0 Å². The fourth-order valence-electron chi connectivity index (χ4n) is 2.21. The summed E-state index contributed by atoms with van der Waals surface area (Å²) in [6, 6.07) is 9.33. The number of nitro benzene ring substituents is 1. The highest BCUT2D eigenvalue weighted by molar-refractivity contribution is 8.06. The Kier molecular flexibility index (Phi) is 3.82. The molecular formula is C13H9N3O7S2. The molecule has 0 aromatic heterocycles. The Bertz CT molecular complexity index is 1060. The van der Waals surface area contributed by atoms with Gasteiger partial charge in [0, 0.05) is 21.5 Å². The molecule has 10 nitrogen and oxygen atoms in total. The maximum atomic E-state index is 12.4. The lowest BCUT2D eigenvalue weighted by Gasteiger charge is -2.14. The Morgan fingerprint density at radius 2 is 1.52 bits per heavy atom. The standard InChI is InChI=1S/C13H9N3O7S2/c17-13(9-4-3-5-10(8-9)15(18)19)14-16-24(20,21)11-6-1-2-7-12(11)25(16,22)23/h1-8H,(H,14,17). The molecular weight excluding hydrogens is 374 g/mol. The first-order valence-electron chi connectivity index (χ1n) is 6.61. The minimum atomic E-state index is -4.50. The van der Waals surface area contributed by atoms with Crippen LogP contribution in [0.25, 0.3) is 0 Å². The Morgan fingerprint density at radius 1 is 0.960 bits per heavy atom. The summed E-state index contributed by atoms with van der Waals surface area (Å²) in [5.41, 5.74) is 1.12. The molecule has 0 saturated heterocycles. The van der Waals surface area contributed by atoms with Crippen molar-refractivity contribution in [1.29, 1.82) is 0 Å². The smallest absolute Gasteiger partial charge is 0.268 e. The summed E-state index contributed by atoms with van der Waals surface area (Å²) in [6.07, 6.45) is 0. The van der Waals surface area contributed by atoms with Gasteiger partial charge in [0.1, 0.15) is 9.79 Å². The minimum Gasteiger partial charge on any atom is -0.268 e. The number of nitrogens with one attached hydrogen (secondary N) is 1. The molecule has 1 aliphatic heterocycles. The van der Waals surface area contributed by atoms with E-state index in [0.717, 1.165) is 24.3 Å². The number of nitrogens with zero attached hydrogens (tertiary/aromatic N) is 2. The zero-order valence-electron chi connectivity index (χ0n) is 12.2. The Balaban J connectivity index is 2.00. The molecule has 130 valence electrons. The van der Waals surface area contributed by atoms with E-state index in [1.165, 1.54) is 24.3 Å². The molecule has 1 N–H and O–H groups in total. The number of carbonyl (C=O) groups excluding carboxylic acids is 1. The first-order chi connectivity index (χ1) is 11.7. The van der Waals surface area contributed by atoms with E-state index in [2.05, 4.69) is 0 Å². The van der Waals surface area contributed by atoms with Crippen LogP contribution in [-0.4, -0.2) is 31.5 Å². The largest absolute Gasteiger partial charge is 0.275 e. The Labute approximate surface area is 141 Å². The van der Waals surface area contributed by atoms with E-state index < -0.39 is 46.4 Å². The number of hydrazine groups is 1. The number of rotatable bonds is 3. The lowest BCUT2D eigenvalue weighted by molar-refractivity contribution is -0.384. The second-order valence-electron chi connectivity index (χ2n) is 4.90. The number of benzene rings is 2. The third-order valence-electron chi connectivity index (χ3n) is 3.35. The molecule has 2 aromatic carbocycles. The first-order valence-corrected chi connectivity index (χ1v) is 9.49. The van der Waals surface area contributed by atoms with Crippen molar-refractivity contribution in [1.82, 2.24) is 9.25 Å². The van der Waals surface area contributed by atoms with Crippen LogP contribution in [0.2, 0.25) is 0 Å². The molecule has 0 unspecified atom stereocenters. The molecule has 1 heterocycles. The predicted molar refractivity (Wildman–Crippen MR) is 83.2 cm³/mol. The molecule has 0 atom stereocenters. The van der Waals surface area contributed by atoms with Crippen LogP contribution in [0.3, 0.4) is 0 Å². The van der Waals surface area contributed by atoms with Crippen molar-refractivity contribution >= 4 is 31.6 Å². The lowest BCUT2D eigenvalue weighted by Crippen LogP contribution is -2.45. The molecule has 3 rings (SSSR count). The lowest BCUT2D eigenvalue weighted by atomic mass is 10.2. The van der Waals surface area contributed by atoms with Crippen molar-refractivity contribution in [3.63, 3.8) is 0 Å². The van der Waals surface area contributed by atoms with Gasteiger partial charge < -0.3 is 0 Å². The molecule has 25 heavy (non-hydrogen) atoms. The summed E-state index contributed by atoms with van der Waals surface area (Å²) in [6.45, 7) is 0. The number of hydrogen-bond acceptors (Lipinski definition) is 7. The van der Waals surface area contributed by atoms with Crippen LogP contribution in [0.15, 0.2) is 58.3 Å². The average Bonchev–Trinajstić information content (AvgIpc) is 2.73. The summed E-state index contributed by atoms with van der Waals surface area (Å²) < 4.78 is 49.3. The van der Waals surface area contributed by atoms with Crippen molar-refractivity contribution in [2.45, 2.75) is 9.79 Å². The first kappa shape index (κ1) is 17.0. The van der Waals surface area contributed by atoms with E-state index in [9.17, 15) is 31.7 Å². The third-order valence-corrected chi connectivity index (χ3v) is 7.54. The van der Waals surface area contributed by atoms with Gasteiger partial charge in [-0.05, 0) is 18.2 Å². The molecule has 2 aromatic rings. The number of hydrogen-bond donors (Lipinski definition) is 1. The summed E-state index contributed by atoms with van der Waals surface area (Å²) in [5.74, 6) is -1.12. The van der Waals surface area contributed by atoms with Crippen LogP contribution in [0, 0.1) is 10.1 Å². The summed E-state index contributed by atoms with van der Waals surface area (Å²) >= 11 is 0. The highest BCUT2D eigenvalue weighted by Crippen LogP contribution is 2.34. The molecule has 12 heteroatoms. The second kappa shape index (κ2) is 5.61. The van der Waals surface area contributed by atoms with Crippen LogP contribution >= 0.6 is 0 Å². The van der Waals surface area contributed by atoms with E-state index in [0.29, 0.717) is 0 Å². The quantitative estimate of drug-likeness (QED) is 0.604. The van der Waals surface area contributed by atoms with Crippen LogP contribution in [0.5, 0.6) is 0 Å². The fourth-order valence-corrected chi connectivity index (χ4v) is 6.27. The number of amides is 1. The molecule has 0 radical (unpaired) electrons. The van der Waals surface area contributed by atoms with Gasteiger partial charge in [-0.2, -0.15) is 0 Å². The van der Waals surface area contributed by atoms with Crippen LogP contribution in [0.4, 0.5) is 5.69 Å². The number of fused-ring (bicyclic) bond motifs is 1. The zero-order valence-corrected chi connectivity index (χ0v) is 13.8. The average molecular weight is 383 g/mol. The van der Waals surface area contributed by atoms with Crippen LogP contribution < -0.4 is 5.43 Å². The number of non-ortho nitro benzene ring substituents is 1. The molecule has 0 aliphatic carbocycles. The van der Waals surface area contributed by atoms with Gasteiger partial charge >= 0.3 is 0 Å². The number of sulfonamides is 2. The van der Waals surface area contributed by atoms with E-state index >= 15 is 0 Å². The van der Waals surface area contributed by atoms with Gasteiger partial charge in [-0.15, -0.1) is 0 Å². The Morgan fingerprint density at radius 3 is 2.04 bits per heavy atom. The van der Waals surface area contributed by atoms with Crippen molar-refractivity contribution in [3.8, 4) is 0 Å². The highest BCUT2D eigenvalue weighted by atomic mass is 32.3. The van der Waals surface area contributed by atoms with Crippen molar-refractivity contribution < 1.29 is 26.6 Å². The Hall–Kier alpha value is -2.83. The van der Waals surface area contributed by atoms with Gasteiger partial charge in [0.2, 0.25) is 0 Å². The predicted octanol–water partition coefficient (Wildman–Crippen LogP) is 0.633. The van der Waals surface area contributed by atoms with Gasteiger partial charge in [0.25, 0.3) is 31.6 Å². The second-order valence-corrected chi connectivity index (χ2v) is 8.64. The zero-order chi connectivity index (χ0) is 18.4. The van der Waals surface area contributed by atoms with E-state index in [-0.39, 0.29) is 9.38 Å². The number of carbonyl (C=O) groups is 1. The SMILES string of the molecule is O=C(NN1S(=O)(=O)c2ccccc2S1(=O)=O)c1cccc([N+](=O)[O-])c1. The number of nitro groups is 1. The van der Waals surface area contributed by atoms with E-state index in [1.807, 2.05) is 0 Å². The van der Waals surface area contributed by atoms with Gasteiger partial charge in [-0.3, -0.25) is 20.3 Å².